The summed E-state index contributed by atoms with van der Waals surface area (Å²) in [4.78, 5) is 14.9. The van der Waals surface area contributed by atoms with Gasteiger partial charge < -0.3 is 15.6 Å². The Morgan fingerprint density at radius 3 is 3.00 bits per heavy atom. The lowest BCUT2D eigenvalue weighted by atomic mass is 10.0. The van der Waals surface area contributed by atoms with Gasteiger partial charge in [0.15, 0.2) is 0 Å². The van der Waals surface area contributed by atoms with Crippen molar-refractivity contribution < 1.29 is 4.79 Å². The minimum atomic E-state index is -0.130. The van der Waals surface area contributed by atoms with Crippen molar-refractivity contribution in [1.29, 1.82) is 0 Å². The molecule has 0 fully saturated rings. The lowest BCUT2D eigenvalue weighted by Crippen LogP contribution is -2.14. The van der Waals surface area contributed by atoms with Gasteiger partial charge in [-0.15, -0.1) is 0 Å². The van der Waals surface area contributed by atoms with E-state index in [1.54, 1.807) is 12.3 Å². The molecule has 1 aliphatic rings. The standard InChI is InChI=1S/C14H14BrN3O/c15-10-7-13(17-8-10)14(19)18-11-3-4-12-9(6-11)2-1-5-16-12/h3-4,6-8,16-17H,1-2,5H2,(H,18,19). The van der Waals surface area contributed by atoms with Gasteiger partial charge in [-0.1, -0.05) is 0 Å². The van der Waals surface area contributed by atoms with Gasteiger partial charge >= 0.3 is 0 Å². The summed E-state index contributed by atoms with van der Waals surface area (Å²) >= 11 is 3.32. The van der Waals surface area contributed by atoms with Crippen LogP contribution in [0.1, 0.15) is 22.5 Å². The highest BCUT2D eigenvalue weighted by Crippen LogP contribution is 2.25. The van der Waals surface area contributed by atoms with Crippen molar-refractivity contribution in [2.75, 3.05) is 17.2 Å². The second kappa shape index (κ2) is 5.09. The maximum absolute atomic E-state index is 12.0. The Morgan fingerprint density at radius 2 is 2.21 bits per heavy atom. The molecule has 1 aliphatic heterocycles. The average Bonchev–Trinajstić information content (AvgIpc) is 2.85. The third-order valence-electron chi connectivity index (χ3n) is 3.19. The second-order valence-electron chi connectivity index (χ2n) is 4.59. The van der Waals surface area contributed by atoms with Crippen LogP contribution in [0.15, 0.2) is 34.9 Å². The summed E-state index contributed by atoms with van der Waals surface area (Å²) in [5.41, 5.74) is 3.81. The normalized spacial score (nSPS) is 13.5. The number of fused-ring (bicyclic) bond motifs is 1. The molecule has 0 radical (unpaired) electrons. The van der Waals surface area contributed by atoms with Crippen molar-refractivity contribution in [3.63, 3.8) is 0 Å². The van der Waals surface area contributed by atoms with Crippen LogP contribution in [0.5, 0.6) is 0 Å². The van der Waals surface area contributed by atoms with Crippen molar-refractivity contribution in [3.8, 4) is 0 Å². The van der Waals surface area contributed by atoms with Gasteiger partial charge in [0, 0.05) is 28.6 Å². The van der Waals surface area contributed by atoms with Crippen LogP contribution in [0, 0.1) is 0 Å². The summed E-state index contributed by atoms with van der Waals surface area (Å²) in [6.07, 6.45) is 3.93. The Hall–Kier alpha value is -1.75. The topological polar surface area (TPSA) is 56.9 Å². The molecule has 1 amide bonds. The lowest BCUT2D eigenvalue weighted by Gasteiger charge is -2.18. The lowest BCUT2D eigenvalue weighted by molar-refractivity contribution is 0.102. The van der Waals surface area contributed by atoms with Gasteiger partial charge in [0.1, 0.15) is 5.69 Å². The van der Waals surface area contributed by atoms with Gasteiger partial charge in [0.25, 0.3) is 5.91 Å². The summed E-state index contributed by atoms with van der Waals surface area (Å²) in [5, 5.41) is 6.26. The zero-order valence-corrected chi connectivity index (χ0v) is 11.9. The SMILES string of the molecule is O=C(Nc1ccc2c(c1)CCCN2)c1cc(Br)c[nH]1. The first-order valence-corrected chi connectivity index (χ1v) is 7.04. The Morgan fingerprint density at radius 1 is 1.32 bits per heavy atom. The number of carbonyl (C=O) groups excluding carboxylic acids is 1. The van der Waals surface area contributed by atoms with Crippen LogP contribution in [0.4, 0.5) is 11.4 Å². The van der Waals surface area contributed by atoms with Crippen LogP contribution in [-0.2, 0) is 6.42 Å². The summed E-state index contributed by atoms with van der Waals surface area (Å²) in [6.45, 7) is 1.02. The molecule has 5 heteroatoms. The van der Waals surface area contributed by atoms with Gasteiger partial charge in [-0.2, -0.15) is 0 Å². The van der Waals surface area contributed by atoms with Crippen molar-refractivity contribution in [1.82, 2.24) is 4.98 Å². The number of halogens is 1. The van der Waals surface area contributed by atoms with E-state index in [-0.39, 0.29) is 5.91 Å². The highest BCUT2D eigenvalue weighted by atomic mass is 79.9. The van der Waals surface area contributed by atoms with Crippen molar-refractivity contribution in [2.24, 2.45) is 0 Å². The van der Waals surface area contributed by atoms with Crippen LogP contribution in [-0.4, -0.2) is 17.4 Å². The number of benzene rings is 1. The predicted molar refractivity (Wildman–Crippen MR) is 79.7 cm³/mol. The highest BCUT2D eigenvalue weighted by molar-refractivity contribution is 9.10. The van der Waals surface area contributed by atoms with E-state index in [1.807, 2.05) is 18.2 Å². The fourth-order valence-corrected chi connectivity index (χ4v) is 2.59. The number of rotatable bonds is 2. The monoisotopic (exact) mass is 319 g/mol. The molecule has 2 aromatic rings. The molecule has 0 aliphatic carbocycles. The van der Waals surface area contributed by atoms with Crippen molar-refractivity contribution in [2.45, 2.75) is 12.8 Å². The molecular formula is C14H14BrN3O. The fraction of sp³-hybridized carbons (Fsp3) is 0.214. The summed E-state index contributed by atoms with van der Waals surface area (Å²) < 4.78 is 0.868. The van der Waals surface area contributed by atoms with Gasteiger partial charge in [0.2, 0.25) is 0 Å². The minimum absolute atomic E-state index is 0.130. The molecule has 0 atom stereocenters. The molecule has 1 aromatic carbocycles. The van der Waals surface area contributed by atoms with Crippen LogP contribution in [0.2, 0.25) is 0 Å². The zero-order chi connectivity index (χ0) is 13.2. The van der Waals surface area contributed by atoms with E-state index in [1.165, 1.54) is 11.3 Å². The number of H-pyrrole nitrogens is 1. The molecular weight excluding hydrogens is 306 g/mol. The quantitative estimate of drug-likeness (QED) is 0.794. The van der Waals surface area contributed by atoms with E-state index in [0.717, 1.165) is 29.5 Å². The van der Waals surface area contributed by atoms with E-state index < -0.39 is 0 Å². The minimum Gasteiger partial charge on any atom is -0.385 e. The second-order valence-corrected chi connectivity index (χ2v) is 5.50. The first kappa shape index (κ1) is 12.3. The summed E-state index contributed by atoms with van der Waals surface area (Å²) in [7, 11) is 0. The van der Waals surface area contributed by atoms with Crippen LogP contribution < -0.4 is 10.6 Å². The third-order valence-corrected chi connectivity index (χ3v) is 3.65. The Labute approximate surface area is 119 Å². The molecule has 4 nitrogen and oxygen atoms in total. The van der Waals surface area contributed by atoms with Crippen molar-refractivity contribution in [3.05, 3.63) is 46.2 Å². The largest absolute Gasteiger partial charge is 0.385 e. The van der Waals surface area contributed by atoms with Gasteiger partial charge in [-0.3, -0.25) is 4.79 Å². The maximum atomic E-state index is 12.0. The number of anilines is 2. The van der Waals surface area contributed by atoms with E-state index in [4.69, 9.17) is 0 Å². The van der Waals surface area contributed by atoms with E-state index in [0.29, 0.717) is 5.69 Å². The van der Waals surface area contributed by atoms with Crippen LogP contribution >= 0.6 is 15.9 Å². The van der Waals surface area contributed by atoms with Gasteiger partial charge in [-0.05, 0) is 58.6 Å². The average molecular weight is 320 g/mol. The Kier molecular flexibility index (Phi) is 3.29. The molecule has 3 N–H and O–H groups in total. The number of hydrogen-bond donors (Lipinski definition) is 3. The van der Waals surface area contributed by atoms with Crippen LogP contribution in [0.25, 0.3) is 0 Å². The number of aryl methyl sites for hydroxylation is 1. The molecule has 98 valence electrons. The smallest absolute Gasteiger partial charge is 0.272 e. The molecule has 3 rings (SSSR count). The van der Waals surface area contributed by atoms with Crippen LogP contribution in [0.3, 0.4) is 0 Å². The molecule has 0 saturated carbocycles. The molecule has 0 saturated heterocycles. The van der Waals surface area contributed by atoms with E-state index >= 15 is 0 Å². The first-order valence-electron chi connectivity index (χ1n) is 6.24. The molecule has 1 aromatic heterocycles. The number of aromatic nitrogens is 1. The molecule has 0 spiro atoms. The number of aromatic amines is 1. The molecule has 0 bridgehead atoms. The first-order chi connectivity index (χ1) is 9.22. The highest BCUT2D eigenvalue weighted by Gasteiger charge is 2.11. The van der Waals surface area contributed by atoms with Gasteiger partial charge in [0.05, 0.1) is 0 Å². The maximum Gasteiger partial charge on any atom is 0.272 e. The predicted octanol–water partition coefficient (Wildman–Crippen LogP) is 3.39. The third kappa shape index (κ3) is 2.66. The van der Waals surface area contributed by atoms with Gasteiger partial charge in [-0.25, -0.2) is 0 Å². The number of amides is 1. The van der Waals surface area contributed by atoms with Crippen molar-refractivity contribution >= 4 is 33.2 Å². The summed E-state index contributed by atoms with van der Waals surface area (Å²) in [6, 6.07) is 7.74. The van der Waals surface area contributed by atoms with E-state index in [9.17, 15) is 4.79 Å². The molecule has 19 heavy (non-hydrogen) atoms. The number of hydrogen-bond acceptors (Lipinski definition) is 2. The molecule has 0 unspecified atom stereocenters. The summed E-state index contributed by atoms with van der Waals surface area (Å²) in [5.74, 6) is -0.130. The zero-order valence-electron chi connectivity index (χ0n) is 10.3. The fourth-order valence-electron chi connectivity index (χ4n) is 2.25. The Bertz CT molecular complexity index is 621. The molecule has 2 heterocycles. The van der Waals surface area contributed by atoms with E-state index in [2.05, 4.69) is 31.5 Å². The number of carbonyl (C=O) groups is 1. The number of nitrogens with one attached hydrogen (secondary N) is 3. The Balaban J connectivity index is 1.78.